The number of nitrogens with zero attached hydrogens (tertiary/aromatic N) is 1. The van der Waals surface area contributed by atoms with Gasteiger partial charge in [0.1, 0.15) is 5.54 Å². The fourth-order valence-electron chi connectivity index (χ4n) is 2.29. The third-order valence-electron chi connectivity index (χ3n) is 3.45. The molecule has 0 bridgehead atoms. The number of benzene rings is 1. The minimum atomic E-state index is -0.963. The lowest BCUT2D eigenvalue weighted by molar-refractivity contribution is -0.126. The zero-order valence-electron chi connectivity index (χ0n) is 11.2. The predicted molar refractivity (Wildman–Crippen MR) is 70.5 cm³/mol. The lowest BCUT2D eigenvalue weighted by atomic mass is 9.90. The smallest absolute Gasteiger partial charge is 0.325 e. The van der Waals surface area contributed by atoms with Crippen LogP contribution < -0.4 is 5.32 Å². The van der Waals surface area contributed by atoms with Crippen LogP contribution >= 0.6 is 0 Å². The molecule has 1 heterocycles. The van der Waals surface area contributed by atoms with Gasteiger partial charge in [-0.2, -0.15) is 0 Å². The van der Waals surface area contributed by atoms with Crippen molar-refractivity contribution in [3.63, 3.8) is 0 Å². The summed E-state index contributed by atoms with van der Waals surface area (Å²) in [6, 6.07) is 8.94. The molecule has 0 aliphatic carbocycles. The first-order valence-electron chi connectivity index (χ1n) is 6.37. The molecule has 0 aromatic heterocycles. The molecule has 1 aliphatic rings. The third-order valence-corrected chi connectivity index (χ3v) is 3.45. The van der Waals surface area contributed by atoms with E-state index in [9.17, 15) is 9.59 Å². The van der Waals surface area contributed by atoms with E-state index in [1.807, 2.05) is 37.3 Å². The number of rotatable bonds is 5. The van der Waals surface area contributed by atoms with E-state index in [0.717, 1.165) is 5.56 Å². The normalized spacial score (nSPS) is 22.7. The summed E-state index contributed by atoms with van der Waals surface area (Å²) in [6.07, 6.45) is 0. The van der Waals surface area contributed by atoms with Gasteiger partial charge in [0, 0.05) is 13.2 Å². The highest BCUT2D eigenvalue weighted by molar-refractivity contribution is 6.07. The molecule has 1 atom stereocenters. The van der Waals surface area contributed by atoms with Gasteiger partial charge in [-0.3, -0.25) is 10.1 Å². The predicted octanol–water partition coefficient (Wildman–Crippen LogP) is 1.49. The Labute approximate surface area is 112 Å². The summed E-state index contributed by atoms with van der Waals surface area (Å²) in [5.74, 6) is -0.291. The van der Waals surface area contributed by atoms with Gasteiger partial charge < -0.3 is 9.64 Å². The number of nitrogens with one attached hydrogen (secondary N) is 1. The second kappa shape index (κ2) is 5.40. The van der Waals surface area contributed by atoms with Gasteiger partial charge in [0.2, 0.25) is 0 Å². The van der Waals surface area contributed by atoms with Crippen LogP contribution in [0.2, 0.25) is 0 Å². The number of ether oxygens (including phenoxy) is 1. The fraction of sp³-hybridized carbons (Fsp3) is 0.429. The standard InChI is InChI=1S/C14H18N2O3/c1-3-19-10-9-16-13(18)15-12(17)14(16,2)11-7-5-4-6-8-11/h4-8H,3,9-10H2,1-2H3,(H,15,17,18). The lowest BCUT2D eigenvalue weighted by Gasteiger charge is -2.32. The van der Waals surface area contributed by atoms with Gasteiger partial charge in [-0.1, -0.05) is 30.3 Å². The summed E-state index contributed by atoms with van der Waals surface area (Å²) in [6.45, 7) is 5.04. The zero-order valence-corrected chi connectivity index (χ0v) is 11.2. The molecular weight excluding hydrogens is 244 g/mol. The van der Waals surface area contributed by atoms with Gasteiger partial charge in [-0.05, 0) is 19.4 Å². The largest absolute Gasteiger partial charge is 0.380 e. The Morgan fingerprint density at radius 3 is 2.58 bits per heavy atom. The van der Waals surface area contributed by atoms with Crippen molar-refractivity contribution >= 4 is 11.9 Å². The maximum absolute atomic E-state index is 12.1. The molecular formula is C14H18N2O3. The van der Waals surface area contributed by atoms with Gasteiger partial charge in [0.15, 0.2) is 0 Å². The van der Waals surface area contributed by atoms with E-state index >= 15 is 0 Å². The summed E-state index contributed by atoms with van der Waals surface area (Å²) in [4.78, 5) is 25.6. The van der Waals surface area contributed by atoms with E-state index in [0.29, 0.717) is 19.8 Å². The summed E-state index contributed by atoms with van der Waals surface area (Å²) < 4.78 is 5.28. The Bertz CT molecular complexity index is 475. The summed E-state index contributed by atoms with van der Waals surface area (Å²) >= 11 is 0. The van der Waals surface area contributed by atoms with E-state index in [1.165, 1.54) is 4.90 Å². The highest BCUT2D eigenvalue weighted by Crippen LogP contribution is 2.32. The first-order chi connectivity index (χ1) is 9.10. The molecule has 1 aliphatic heterocycles. The first kappa shape index (κ1) is 13.5. The Morgan fingerprint density at radius 1 is 1.26 bits per heavy atom. The van der Waals surface area contributed by atoms with Crippen LogP contribution in [0.1, 0.15) is 19.4 Å². The van der Waals surface area contributed by atoms with Gasteiger partial charge in [-0.15, -0.1) is 0 Å². The Hall–Kier alpha value is -1.88. The second-order valence-corrected chi connectivity index (χ2v) is 4.55. The molecule has 5 nitrogen and oxygen atoms in total. The third kappa shape index (κ3) is 2.33. The van der Waals surface area contributed by atoms with Crippen molar-refractivity contribution in [2.45, 2.75) is 19.4 Å². The highest BCUT2D eigenvalue weighted by atomic mass is 16.5. The molecule has 1 N–H and O–H groups in total. The van der Waals surface area contributed by atoms with E-state index in [4.69, 9.17) is 4.74 Å². The number of carbonyl (C=O) groups is 2. The molecule has 0 spiro atoms. The topological polar surface area (TPSA) is 58.6 Å². The van der Waals surface area contributed by atoms with Gasteiger partial charge in [-0.25, -0.2) is 4.79 Å². The molecule has 0 saturated carbocycles. The quantitative estimate of drug-likeness (QED) is 0.646. The van der Waals surface area contributed by atoms with Crippen molar-refractivity contribution in [2.24, 2.45) is 0 Å². The van der Waals surface area contributed by atoms with Crippen LogP contribution in [-0.4, -0.2) is 36.6 Å². The number of amides is 3. The van der Waals surface area contributed by atoms with Crippen molar-refractivity contribution in [3.8, 4) is 0 Å². The maximum atomic E-state index is 12.1. The number of hydrogen-bond donors (Lipinski definition) is 1. The second-order valence-electron chi connectivity index (χ2n) is 4.55. The maximum Gasteiger partial charge on any atom is 0.325 e. The number of urea groups is 1. The van der Waals surface area contributed by atoms with E-state index in [-0.39, 0.29) is 11.9 Å². The highest BCUT2D eigenvalue weighted by Gasteiger charge is 2.50. The van der Waals surface area contributed by atoms with Crippen molar-refractivity contribution < 1.29 is 14.3 Å². The summed E-state index contributed by atoms with van der Waals surface area (Å²) in [7, 11) is 0. The number of carbonyl (C=O) groups excluding carboxylic acids is 2. The fourth-order valence-corrected chi connectivity index (χ4v) is 2.29. The molecule has 3 amide bonds. The summed E-state index contributed by atoms with van der Waals surface area (Å²) in [5, 5.41) is 2.38. The molecule has 1 fully saturated rings. The van der Waals surface area contributed by atoms with Crippen molar-refractivity contribution in [2.75, 3.05) is 19.8 Å². The Balaban J connectivity index is 2.28. The molecule has 102 valence electrons. The minimum absolute atomic E-state index is 0.291. The molecule has 5 heteroatoms. The van der Waals surface area contributed by atoms with Crippen LogP contribution in [-0.2, 0) is 15.1 Å². The van der Waals surface area contributed by atoms with Gasteiger partial charge in [0.25, 0.3) is 5.91 Å². The molecule has 1 aromatic carbocycles. The number of hydrogen-bond acceptors (Lipinski definition) is 3. The molecule has 1 aromatic rings. The van der Waals surface area contributed by atoms with E-state index < -0.39 is 5.54 Å². The Kier molecular flexibility index (Phi) is 3.85. The molecule has 2 rings (SSSR count). The lowest BCUT2D eigenvalue weighted by Crippen LogP contribution is -2.45. The molecule has 1 saturated heterocycles. The first-order valence-corrected chi connectivity index (χ1v) is 6.37. The van der Waals surface area contributed by atoms with Crippen molar-refractivity contribution in [1.82, 2.24) is 10.2 Å². The van der Waals surface area contributed by atoms with Crippen LogP contribution in [0.5, 0.6) is 0 Å². The number of imide groups is 1. The average Bonchev–Trinajstić information content (AvgIpc) is 2.64. The average molecular weight is 262 g/mol. The van der Waals surface area contributed by atoms with Crippen LogP contribution in [0.3, 0.4) is 0 Å². The molecule has 0 radical (unpaired) electrons. The monoisotopic (exact) mass is 262 g/mol. The van der Waals surface area contributed by atoms with E-state index in [2.05, 4.69) is 5.32 Å². The van der Waals surface area contributed by atoms with Crippen LogP contribution in [0, 0.1) is 0 Å². The van der Waals surface area contributed by atoms with Crippen molar-refractivity contribution in [3.05, 3.63) is 35.9 Å². The zero-order chi connectivity index (χ0) is 13.9. The van der Waals surface area contributed by atoms with Gasteiger partial charge in [0.05, 0.1) is 6.61 Å². The molecule has 19 heavy (non-hydrogen) atoms. The van der Waals surface area contributed by atoms with Crippen LogP contribution in [0.4, 0.5) is 4.79 Å². The van der Waals surface area contributed by atoms with Crippen molar-refractivity contribution in [1.29, 1.82) is 0 Å². The Morgan fingerprint density at radius 2 is 1.95 bits per heavy atom. The van der Waals surface area contributed by atoms with Crippen LogP contribution in [0.15, 0.2) is 30.3 Å². The SMILES string of the molecule is CCOCCN1C(=O)NC(=O)C1(C)c1ccccc1. The molecule has 1 unspecified atom stereocenters. The van der Waals surface area contributed by atoms with E-state index in [1.54, 1.807) is 6.92 Å². The van der Waals surface area contributed by atoms with Gasteiger partial charge >= 0.3 is 6.03 Å². The minimum Gasteiger partial charge on any atom is -0.380 e. The van der Waals surface area contributed by atoms with Crippen LogP contribution in [0.25, 0.3) is 0 Å². The summed E-state index contributed by atoms with van der Waals surface area (Å²) in [5.41, 5.74) is -0.162.